The van der Waals surface area contributed by atoms with Crippen molar-refractivity contribution in [1.29, 1.82) is 0 Å². The summed E-state index contributed by atoms with van der Waals surface area (Å²) in [5.74, 6) is -1.65. The van der Waals surface area contributed by atoms with Gasteiger partial charge in [0.05, 0.1) is 26.5 Å². The maximum atomic E-state index is 13.4. The summed E-state index contributed by atoms with van der Waals surface area (Å²) in [4.78, 5) is 28.6. The summed E-state index contributed by atoms with van der Waals surface area (Å²) in [6.07, 6.45) is 0. The van der Waals surface area contributed by atoms with E-state index < -0.39 is 17.8 Å². The van der Waals surface area contributed by atoms with Gasteiger partial charge >= 0.3 is 11.9 Å². The molecule has 0 saturated heterocycles. The van der Waals surface area contributed by atoms with E-state index in [1.54, 1.807) is 17.0 Å². The molecule has 2 aromatic carbocycles. The minimum atomic E-state index is -0.649. The summed E-state index contributed by atoms with van der Waals surface area (Å²) in [6.45, 7) is 1.11. The van der Waals surface area contributed by atoms with Gasteiger partial charge in [-0.1, -0.05) is 30.3 Å². The Kier molecular flexibility index (Phi) is 6.06. The lowest BCUT2D eigenvalue weighted by molar-refractivity contribution is -0.140. The molecular formula is C21H21FN2O4. The molecule has 0 aromatic heterocycles. The van der Waals surface area contributed by atoms with E-state index >= 15 is 0 Å². The zero-order chi connectivity index (χ0) is 20.1. The second kappa shape index (κ2) is 8.67. The molecule has 7 heteroatoms. The molecule has 0 aliphatic carbocycles. The van der Waals surface area contributed by atoms with Gasteiger partial charge in [0.1, 0.15) is 11.5 Å². The third-order valence-corrected chi connectivity index (χ3v) is 4.48. The van der Waals surface area contributed by atoms with Crippen LogP contribution in [0.15, 0.2) is 65.9 Å². The lowest BCUT2D eigenvalue weighted by Crippen LogP contribution is -2.47. The number of rotatable bonds is 5. The number of ether oxygens (including phenoxy) is 2. The van der Waals surface area contributed by atoms with Crippen molar-refractivity contribution in [3.63, 3.8) is 0 Å². The topological polar surface area (TPSA) is 59.1 Å². The van der Waals surface area contributed by atoms with Crippen LogP contribution >= 0.6 is 0 Å². The summed E-state index contributed by atoms with van der Waals surface area (Å²) in [5, 5.41) is 0. The Balaban J connectivity index is 2.04. The van der Waals surface area contributed by atoms with Crippen LogP contribution in [0.25, 0.3) is 0 Å². The Bertz CT molecular complexity index is 881. The largest absolute Gasteiger partial charge is 0.466 e. The highest BCUT2D eigenvalue weighted by atomic mass is 19.1. The van der Waals surface area contributed by atoms with Crippen molar-refractivity contribution in [3.8, 4) is 0 Å². The molecule has 1 aliphatic heterocycles. The normalized spacial score (nSPS) is 14.8. The molecule has 0 unspecified atom stereocenters. The first kappa shape index (κ1) is 19.6. The third-order valence-electron chi connectivity index (χ3n) is 4.48. The summed E-state index contributed by atoms with van der Waals surface area (Å²) < 4.78 is 23.2. The second-order valence-electron chi connectivity index (χ2n) is 6.33. The molecule has 0 N–H and O–H groups in total. The molecule has 0 spiro atoms. The second-order valence-corrected chi connectivity index (χ2v) is 6.33. The monoisotopic (exact) mass is 384 g/mol. The number of hydrogen-bond donors (Lipinski definition) is 0. The van der Waals surface area contributed by atoms with Crippen LogP contribution in [0.5, 0.6) is 0 Å². The Morgan fingerprint density at radius 1 is 0.964 bits per heavy atom. The maximum absolute atomic E-state index is 13.4. The third kappa shape index (κ3) is 4.20. The quantitative estimate of drug-likeness (QED) is 0.739. The van der Waals surface area contributed by atoms with Crippen LogP contribution in [0.3, 0.4) is 0 Å². The number of benzene rings is 2. The van der Waals surface area contributed by atoms with E-state index in [0.717, 1.165) is 5.56 Å². The highest BCUT2D eigenvalue weighted by molar-refractivity contribution is 6.03. The number of esters is 2. The van der Waals surface area contributed by atoms with Gasteiger partial charge in [-0.15, -0.1) is 0 Å². The van der Waals surface area contributed by atoms with Gasteiger partial charge in [-0.3, -0.25) is 4.90 Å². The predicted molar refractivity (Wildman–Crippen MR) is 102 cm³/mol. The number of carbonyl (C=O) groups is 2. The highest BCUT2D eigenvalue weighted by Gasteiger charge is 2.35. The standard InChI is InChI=1S/C21H21FN2O4/c1-27-20(25)18-13-23(12-15-6-4-3-5-7-15)14-24(19(18)21(26)28-2)17-10-8-16(22)9-11-17/h3-11H,12-14H2,1-2H3. The van der Waals surface area contributed by atoms with Crippen molar-refractivity contribution in [3.05, 3.63) is 77.2 Å². The summed E-state index contributed by atoms with van der Waals surface area (Å²) in [5.41, 5.74) is 1.93. The summed E-state index contributed by atoms with van der Waals surface area (Å²) in [6, 6.07) is 15.5. The van der Waals surface area contributed by atoms with E-state index in [1.165, 1.54) is 26.4 Å². The zero-order valence-corrected chi connectivity index (χ0v) is 15.7. The van der Waals surface area contributed by atoms with Crippen LogP contribution in [0.4, 0.5) is 10.1 Å². The first-order valence-electron chi connectivity index (χ1n) is 8.72. The fourth-order valence-electron chi connectivity index (χ4n) is 3.18. The van der Waals surface area contributed by atoms with Crippen molar-refractivity contribution in [2.75, 3.05) is 32.3 Å². The number of carbonyl (C=O) groups excluding carboxylic acids is 2. The molecule has 2 aromatic rings. The van der Waals surface area contributed by atoms with E-state index in [-0.39, 0.29) is 17.8 Å². The van der Waals surface area contributed by atoms with Crippen LogP contribution in [0, 0.1) is 5.82 Å². The molecule has 0 amide bonds. The molecule has 0 fully saturated rings. The van der Waals surface area contributed by atoms with E-state index in [4.69, 9.17) is 9.47 Å². The Morgan fingerprint density at radius 2 is 1.61 bits per heavy atom. The lowest BCUT2D eigenvalue weighted by Gasteiger charge is -2.38. The van der Waals surface area contributed by atoms with Crippen molar-refractivity contribution < 1.29 is 23.5 Å². The summed E-state index contributed by atoms with van der Waals surface area (Å²) >= 11 is 0. The average Bonchev–Trinajstić information content (AvgIpc) is 2.73. The first-order chi connectivity index (χ1) is 13.5. The highest BCUT2D eigenvalue weighted by Crippen LogP contribution is 2.28. The van der Waals surface area contributed by atoms with Crippen LogP contribution in [-0.4, -0.2) is 44.3 Å². The molecule has 0 saturated carbocycles. The van der Waals surface area contributed by atoms with Gasteiger partial charge in [0, 0.05) is 18.8 Å². The van der Waals surface area contributed by atoms with Crippen LogP contribution in [0.1, 0.15) is 5.56 Å². The van der Waals surface area contributed by atoms with Crippen molar-refractivity contribution in [1.82, 2.24) is 4.90 Å². The minimum absolute atomic E-state index is 0.102. The van der Waals surface area contributed by atoms with E-state index in [0.29, 0.717) is 18.9 Å². The van der Waals surface area contributed by atoms with Gasteiger partial charge in [0.2, 0.25) is 0 Å². The molecule has 1 heterocycles. The van der Waals surface area contributed by atoms with Gasteiger partial charge in [-0.05, 0) is 29.8 Å². The molecule has 146 valence electrons. The van der Waals surface area contributed by atoms with Gasteiger partial charge in [-0.25, -0.2) is 14.0 Å². The van der Waals surface area contributed by atoms with Gasteiger partial charge in [0.25, 0.3) is 0 Å². The zero-order valence-electron chi connectivity index (χ0n) is 15.7. The molecule has 1 aliphatic rings. The number of anilines is 1. The summed E-state index contributed by atoms with van der Waals surface area (Å²) in [7, 11) is 2.52. The van der Waals surface area contributed by atoms with Crippen LogP contribution in [0.2, 0.25) is 0 Å². The number of hydrogen-bond acceptors (Lipinski definition) is 6. The molecule has 3 rings (SSSR count). The molecule has 28 heavy (non-hydrogen) atoms. The van der Waals surface area contributed by atoms with Crippen LogP contribution < -0.4 is 4.90 Å². The fraction of sp³-hybridized carbons (Fsp3) is 0.238. The van der Waals surface area contributed by atoms with E-state index in [9.17, 15) is 14.0 Å². The predicted octanol–water partition coefficient (Wildman–Crippen LogP) is 2.71. The molecule has 0 bridgehead atoms. The fourth-order valence-corrected chi connectivity index (χ4v) is 3.18. The van der Waals surface area contributed by atoms with Gasteiger partial charge in [-0.2, -0.15) is 0 Å². The molecule has 0 radical (unpaired) electrons. The first-order valence-corrected chi connectivity index (χ1v) is 8.72. The van der Waals surface area contributed by atoms with Crippen molar-refractivity contribution >= 4 is 17.6 Å². The van der Waals surface area contributed by atoms with Crippen molar-refractivity contribution in [2.24, 2.45) is 0 Å². The minimum Gasteiger partial charge on any atom is -0.466 e. The number of methoxy groups -OCH3 is 2. The number of halogens is 1. The maximum Gasteiger partial charge on any atom is 0.355 e. The van der Waals surface area contributed by atoms with E-state index in [1.807, 2.05) is 35.2 Å². The SMILES string of the molecule is COC(=O)C1=C(C(=O)OC)N(c2ccc(F)cc2)CN(Cc2ccccc2)C1. The smallest absolute Gasteiger partial charge is 0.355 e. The van der Waals surface area contributed by atoms with Gasteiger partial charge in [0.15, 0.2) is 0 Å². The number of nitrogens with zero attached hydrogens (tertiary/aromatic N) is 2. The average molecular weight is 384 g/mol. The van der Waals surface area contributed by atoms with Gasteiger partial charge < -0.3 is 14.4 Å². The Hall–Kier alpha value is -3.19. The Morgan fingerprint density at radius 3 is 2.21 bits per heavy atom. The Labute approximate surface area is 162 Å². The van der Waals surface area contributed by atoms with E-state index in [2.05, 4.69) is 0 Å². The van der Waals surface area contributed by atoms with Crippen LogP contribution in [-0.2, 0) is 25.6 Å². The lowest BCUT2D eigenvalue weighted by atomic mass is 10.1. The van der Waals surface area contributed by atoms with Crippen molar-refractivity contribution in [2.45, 2.75) is 6.54 Å². The molecule has 6 nitrogen and oxygen atoms in total. The molecule has 0 atom stereocenters. The molecular weight excluding hydrogens is 363 g/mol.